The van der Waals surface area contributed by atoms with Gasteiger partial charge in [0.05, 0.1) is 13.2 Å². The second-order valence-corrected chi connectivity index (χ2v) is 5.09. The number of benzene rings is 2. The topological polar surface area (TPSA) is 21.3 Å². The highest BCUT2D eigenvalue weighted by atomic mass is 19.1. The molecule has 1 unspecified atom stereocenters. The standard InChI is InChI=1S/C17H19F2NO/c1-10-5-6-11(2)13(7-10)17(20-3)16-14(18)8-12(21-4)9-15(16)19/h5-9,17,20H,1-4H3. The van der Waals surface area contributed by atoms with Gasteiger partial charge in [0.1, 0.15) is 17.4 Å². The van der Waals surface area contributed by atoms with Crippen LogP contribution in [0.25, 0.3) is 0 Å². The minimum Gasteiger partial charge on any atom is -0.497 e. The number of methoxy groups -OCH3 is 1. The van der Waals surface area contributed by atoms with Gasteiger partial charge in [0.2, 0.25) is 0 Å². The second-order valence-electron chi connectivity index (χ2n) is 5.09. The van der Waals surface area contributed by atoms with Gasteiger partial charge in [-0.15, -0.1) is 0 Å². The van der Waals surface area contributed by atoms with E-state index in [4.69, 9.17) is 4.74 Å². The molecule has 0 aliphatic heterocycles. The van der Waals surface area contributed by atoms with Crippen molar-refractivity contribution in [2.75, 3.05) is 14.2 Å². The van der Waals surface area contributed by atoms with E-state index in [1.807, 2.05) is 32.0 Å². The minimum absolute atomic E-state index is 0.00648. The minimum atomic E-state index is -0.618. The monoisotopic (exact) mass is 291 g/mol. The normalized spacial score (nSPS) is 12.3. The predicted octanol–water partition coefficient (Wildman–Crippen LogP) is 3.90. The fraction of sp³-hybridized carbons (Fsp3) is 0.294. The maximum atomic E-state index is 14.3. The van der Waals surface area contributed by atoms with E-state index in [0.29, 0.717) is 0 Å². The summed E-state index contributed by atoms with van der Waals surface area (Å²) in [7, 11) is 3.07. The quantitative estimate of drug-likeness (QED) is 0.922. The van der Waals surface area contributed by atoms with Crippen molar-refractivity contribution in [1.82, 2.24) is 5.32 Å². The Morgan fingerprint density at radius 2 is 1.67 bits per heavy atom. The Kier molecular flexibility index (Phi) is 4.58. The van der Waals surface area contributed by atoms with Gasteiger partial charge in [-0.05, 0) is 32.0 Å². The molecule has 0 aliphatic carbocycles. The smallest absolute Gasteiger partial charge is 0.134 e. The predicted molar refractivity (Wildman–Crippen MR) is 79.7 cm³/mol. The number of halogens is 2. The molecule has 4 heteroatoms. The highest BCUT2D eigenvalue weighted by Crippen LogP contribution is 2.31. The van der Waals surface area contributed by atoms with Crippen LogP contribution in [0.15, 0.2) is 30.3 Å². The van der Waals surface area contributed by atoms with Crippen LogP contribution in [0.4, 0.5) is 8.78 Å². The lowest BCUT2D eigenvalue weighted by molar-refractivity contribution is 0.403. The molecule has 0 aliphatic rings. The highest BCUT2D eigenvalue weighted by molar-refractivity contribution is 5.42. The molecule has 2 rings (SSSR count). The summed E-state index contributed by atoms with van der Waals surface area (Å²) in [5.41, 5.74) is 2.90. The van der Waals surface area contributed by atoms with E-state index in [-0.39, 0.29) is 11.3 Å². The third kappa shape index (κ3) is 3.05. The van der Waals surface area contributed by atoms with Gasteiger partial charge in [0, 0.05) is 17.7 Å². The summed E-state index contributed by atoms with van der Waals surface area (Å²) < 4.78 is 33.5. The number of ether oxygens (including phenoxy) is 1. The van der Waals surface area contributed by atoms with Crippen LogP contribution in [0.3, 0.4) is 0 Å². The van der Waals surface area contributed by atoms with Crippen LogP contribution in [0.5, 0.6) is 5.75 Å². The Bertz CT molecular complexity index is 632. The van der Waals surface area contributed by atoms with E-state index >= 15 is 0 Å². The maximum absolute atomic E-state index is 14.3. The van der Waals surface area contributed by atoms with E-state index in [1.54, 1.807) is 7.05 Å². The first-order valence-electron chi connectivity index (χ1n) is 6.75. The van der Waals surface area contributed by atoms with Crippen molar-refractivity contribution in [2.24, 2.45) is 0 Å². The Hall–Kier alpha value is -1.94. The van der Waals surface area contributed by atoms with Crippen molar-refractivity contribution in [2.45, 2.75) is 19.9 Å². The van der Waals surface area contributed by atoms with Gasteiger partial charge in [-0.2, -0.15) is 0 Å². The molecule has 2 nitrogen and oxygen atoms in total. The van der Waals surface area contributed by atoms with Crippen molar-refractivity contribution in [3.05, 3.63) is 64.2 Å². The van der Waals surface area contributed by atoms with Crippen LogP contribution in [0.1, 0.15) is 28.3 Å². The molecule has 0 heterocycles. The summed E-state index contributed by atoms with van der Waals surface area (Å²) in [6.45, 7) is 3.88. The van der Waals surface area contributed by atoms with E-state index in [9.17, 15) is 8.78 Å². The first-order chi connectivity index (χ1) is 9.97. The van der Waals surface area contributed by atoms with Crippen LogP contribution in [-0.2, 0) is 0 Å². The Morgan fingerprint density at radius 1 is 1.05 bits per heavy atom. The number of hydrogen-bond acceptors (Lipinski definition) is 2. The molecule has 0 saturated carbocycles. The molecule has 0 spiro atoms. The molecular weight excluding hydrogens is 272 g/mol. The van der Waals surface area contributed by atoms with Gasteiger partial charge in [-0.3, -0.25) is 0 Å². The molecule has 0 aromatic heterocycles. The molecule has 112 valence electrons. The zero-order chi connectivity index (χ0) is 15.6. The Morgan fingerprint density at radius 3 is 2.19 bits per heavy atom. The first kappa shape index (κ1) is 15.4. The van der Waals surface area contributed by atoms with Crippen molar-refractivity contribution in [3.8, 4) is 5.75 Å². The summed E-state index contributed by atoms with van der Waals surface area (Å²) in [6, 6.07) is 7.73. The summed E-state index contributed by atoms with van der Waals surface area (Å²) in [5, 5.41) is 3.00. The number of nitrogens with one attached hydrogen (secondary N) is 1. The van der Waals surface area contributed by atoms with Crippen molar-refractivity contribution in [1.29, 1.82) is 0 Å². The number of aryl methyl sites for hydroxylation is 2. The van der Waals surface area contributed by atoms with E-state index < -0.39 is 17.7 Å². The van der Waals surface area contributed by atoms with Crippen LogP contribution >= 0.6 is 0 Å². The lowest BCUT2D eigenvalue weighted by Crippen LogP contribution is -2.21. The zero-order valence-corrected chi connectivity index (χ0v) is 12.6. The fourth-order valence-corrected chi connectivity index (χ4v) is 2.48. The molecule has 21 heavy (non-hydrogen) atoms. The molecule has 0 fully saturated rings. The van der Waals surface area contributed by atoms with E-state index in [1.165, 1.54) is 19.2 Å². The summed E-state index contributed by atoms with van der Waals surface area (Å²) in [4.78, 5) is 0. The first-order valence-corrected chi connectivity index (χ1v) is 6.75. The van der Waals surface area contributed by atoms with Gasteiger partial charge in [-0.25, -0.2) is 8.78 Å². The highest BCUT2D eigenvalue weighted by Gasteiger charge is 2.23. The van der Waals surface area contributed by atoms with Crippen LogP contribution in [0, 0.1) is 25.5 Å². The lowest BCUT2D eigenvalue weighted by atomic mass is 9.93. The van der Waals surface area contributed by atoms with Gasteiger partial charge < -0.3 is 10.1 Å². The largest absolute Gasteiger partial charge is 0.497 e. The Labute approximate surface area is 123 Å². The third-order valence-corrected chi connectivity index (χ3v) is 3.61. The lowest BCUT2D eigenvalue weighted by Gasteiger charge is -2.21. The zero-order valence-electron chi connectivity index (χ0n) is 12.6. The molecule has 1 atom stereocenters. The molecule has 0 radical (unpaired) electrons. The molecule has 0 bridgehead atoms. The van der Waals surface area contributed by atoms with Crippen LogP contribution < -0.4 is 10.1 Å². The molecule has 0 amide bonds. The average molecular weight is 291 g/mol. The third-order valence-electron chi connectivity index (χ3n) is 3.61. The second kappa shape index (κ2) is 6.22. The van der Waals surface area contributed by atoms with Gasteiger partial charge in [0.15, 0.2) is 0 Å². The van der Waals surface area contributed by atoms with E-state index in [2.05, 4.69) is 5.32 Å². The van der Waals surface area contributed by atoms with Crippen LogP contribution in [0.2, 0.25) is 0 Å². The Balaban J connectivity index is 2.59. The summed E-state index contributed by atoms with van der Waals surface area (Å²) in [5.74, 6) is -1.07. The molecular formula is C17H19F2NO. The van der Waals surface area contributed by atoms with Crippen LogP contribution in [-0.4, -0.2) is 14.2 Å². The molecule has 1 N–H and O–H groups in total. The van der Waals surface area contributed by atoms with Gasteiger partial charge in [-0.1, -0.05) is 23.8 Å². The molecule has 2 aromatic rings. The summed E-state index contributed by atoms with van der Waals surface area (Å²) in [6.07, 6.45) is 0. The number of rotatable bonds is 4. The van der Waals surface area contributed by atoms with E-state index in [0.717, 1.165) is 16.7 Å². The van der Waals surface area contributed by atoms with Gasteiger partial charge in [0.25, 0.3) is 0 Å². The average Bonchev–Trinajstić information content (AvgIpc) is 2.45. The van der Waals surface area contributed by atoms with Crippen molar-refractivity contribution in [3.63, 3.8) is 0 Å². The molecule has 2 aromatic carbocycles. The molecule has 0 saturated heterocycles. The van der Waals surface area contributed by atoms with Gasteiger partial charge >= 0.3 is 0 Å². The fourth-order valence-electron chi connectivity index (χ4n) is 2.48. The SMILES string of the molecule is CNC(c1cc(C)ccc1C)c1c(F)cc(OC)cc1F. The summed E-state index contributed by atoms with van der Waals surface area (Å²) >= 11 is 0. The maximum Gasteiger partial charge on any atom is 0.134 e. The van der Waals surface area contributed by atoms with Crippen molar-refractivity contribution < 1.29 is 13.5 Å². The number of hydrogen-bond donors (Lipinski definition) is 1. The van der Waals surface area contributed by atoms with Crippen molar-refractivity contribution >= 4 is 0 Å².